The van der Waals surface area contributed by atoms with Crippen LogP contribution >= 0.6 is 23.2 Å². The second-order valence-corrected chi connectivity index (χ2v) is 2.71. The van der Waals surface area contributed by atoms with Crippen LogP contribution in [0.15, 0.2) is 12.1 Å². The molecule has 1 rings (SSSR count). The topological polar surface area (TPSA) is 52.0 Å². The molecule has 0 heterocycles. The molecule has 54 valence electrons. The highest BCUT2D eigenvalue weighted by molar-refractivity contribution is 6.37. The van der Waals surface area contributed by atoms with E-state index in [4.69, 9.17) is 34.7 Å². The molecule has 0 radical (unpaired) electrons. The molecule has 0 atom stereocenters. The van der Waals surface area contributed by atoms with Crippen molar-refractivity contribution in [2.24, 2.45) is 0 Å². The van der Waals surface area contributed by atoms with Gasteiger partial charge in [0.05, 0.1) is 21.4 Å². The van der Waals surface area contributed by atoms with E-state index < -0.39 is 0 Å². The standard InChI is InChI=1S/C6H6Cl2N2/c7-3-1-4(8)6(10)2-5(3)9/h1-2H,9-10H2. The summed E-state index contributed by atoms with van der Waals surface area (Å²) in [4.78, 5) is 0. The van der Waals surface area contributed by atoms with E-state index in [1.807, 2.05) is 0 Å². The molecule has 4 heteroatoms. The van der Waals surface area contributed by atoms with Gasteiger partial charge in [0.15, 0.2) is 0 Å². The number of rotatable bonds is 0. The van der Waals surface area contributed by atoms with Crippen LogP contribution in [0.25, 0.3) is 0 Å². The Bertz CT molecular complexity index is 210. The van der Waals surface area contributed by atoms with Gasteiger partial charge in [-0.2, -0.15) is 0 Å². The molecule has 0 saturated heterocycles. The monoisotopic (exact) mass is 176 g/mol. The maximum atomic E-state index is 5.62. The molecule has 0 amide bonds. The van der Waals surface area contributed by atoms with Crippen LogP contribution in [0.1, 0.15) is 0 Å². The second kappa shape index (κ2) is 2.56. The SMILES string of the molecule is Nc1cc(N)c(Cl)cc1Cl. The van der Waals surface area contributed by atoms with Gasteiger partial charge in [0, 0.05) is 0 Å². The van der Waals surface area contributed by atoms with E-state index in [-0.39, 0.29) is 0 Å². The highest BCUT2D eigenvalue weighted by atomic mass is 35.5. The maximum absolute atomic E-state index is 5.62. The molecule has 0 bridgehead atoms. The van der Waals surface area contributed by atoms with Crippen LogP contribution in [-0.4, -0.2) is 0 Å². The summed E-state index contributed by atoms with van der Waals surface area (Å²) in [6, 6.07) is 3.05. The first-order chi connectivity index (χ1) is 4.61. The van der Waals surface area contributed by atoms with Crippen LogP contribution in [0.4, 0.5) is 11.4 Å². The molecule has 0 aliphatic rings. The summed E-state index contributed by atoms with van der Waals surface area (Å²) < 4.78 is 0. The Morgan fingerprint density at radius 3 is 1.60 bits per heavy atom. The lowest BCUT2D eigenvalue weighted by molar-refractivity contribution is 1.66. The zero-order valence-electron chi connectivity index (χ0n) is 5.07. The number of halogens is 2. The fraction of sp³-hybridized carbons (Fsp3) is 0. The van der Waals surface area contributed by atoms with Crippen molar-refractivity contribution >= 4 is 34.6 Å². The molecule has 0 aromatic heterocycles. The fourth-order valence-corrected chi connectivity index (χ4v) is 0.967. The summed E-state index contributed by atoms with van der Waals surface area (Å²) in [6.45, 7) is 0. The minimum atomic E-state index is 0.430. The van der Waals surface area contributed by atoms with Crippen molar-refractivity contribution in [3.05, 3.63) is 22.2 Å². The molecule has 1 aromatic carbocycles. The summed E-state index contributed by atoms with van der Waals surface area (Å²) in [6.07, 6.45) is 0. The maximum Gasteiger partial charge on any atom is 0.0651 e. The first kappa shape index (κ1) is 7.51. The zero-order chi connectivity index (χ0) is 7.72. The summed E-state index contributed by atoms with van der Waals surface area (Å²) >= 11 is 11.2. The molecule has 2 nitrogen and oxygen atoms in total. The molecule has 0 fully saturated rings. The summed E-state index contributed by atoms with van der Waals surface area (Å²) in [5.74, 6) is 0. The van der Waals surface area contributed by atoms with Crippen molar-refractivity contribution < 1.29 is 0 Å². The lowest BCUT2D eigenvalue weighted by Gasteiger charge is -2.00. The van der Waals surface area contributed by atoms with Crippen LogP contribution < -0.4 is 11.5 Å². The first-order valence-electron chi connectivity index (χ1n) is 2.61. The Morgan fingerprint density at radius 1 is 0.900 bits per heavy atom. The number of nitrogens with two attached hydrogens (primary N) is 2. The summed E-state index contributed by atoms with van der Waals surface area (Å²) in [5, 5.41) is 0.860. The third-order valence-electron chi connectivity index (χ3n) is 1.12. The Kier molecular flexibility index (Phi) is 1.92. The molecule has 0 saturated carbocycles. The van der Waals surface area contributed by atoms with Gasteiger partial charge in [-0.25, -0.2) is 0 Å². The van der Waals surface area contributed by atoms with Gasteiger partial charge in [-0.05, 0) is 12.1 Å². The molecule has 0 aliphatic carbocycles. The van der Waals surface area contributed by atoms with E-state index in [2.05, 4.69) is 0 Å². The van der Waals surface area contributed by atoms with Crippen LogP contribution in [-0.2, 0) is 0 Å². The lowest BCUT2D eigenvalue weighted by atomic mass is 10.3. The van der Waals surface area contributed by atoms with Crippen molar-refractivity contribution in [2.45, 2.75) is 0 Å². The number of hydrogen-bond acceptors (Lipinski definition) is 2. The van der Waals surface area contributed by atoms with E-state index in [1.165, 1.54) is 12.1 Å². The summed E-state index contributed by atoms with van der Waals surface area (Å²) in [7, 11) is 0. The van der Waals surface area contributed by atoms with Gasteiger partial charge in [0.1, 0.15) is 0 Å². The van der Waals surface area contributed by atoms with Crippen LogP contribution in [0, 0.1) is 0 Å². The van der Waals surface area contributed by atoms with Gasteiger partial charge in [0.25, 0.3) is 0 Å². The van der Waals surface area contributed by atoms with E-state index in [1.54, 1.807) is 0 Å². The van der Waals surface area contributed by atoms with E-state index >= 15 is 0 Å². The average Bonchev–Trinajstić information content (AvgIpc) is 1.84. The number of anilines is 2. The van der Waals surface area contributed by atoms with E-state index in [9.17, 15) is 0 Å². The van der Waals surface area contributed by atoms with Crippen molar-refractivity contribution in [3.8, 4) is 0 Å². The van der Waals surface area contributed by atoms with Crippen LogP contribution in [0.3, 0.4) is 0 Å². The minimum absolute atomic E-state index is 0.430. The molecule has 10 heavy (non-hydrogen) atoms. The van der Waals surface area contributed by atoms with Gasteiger partial charge in [0.2, 0.25) is 0 Å². The average molecular weight is 177 g/mol. The quantitative estimate of drug-likeness (QED) is 0.596. The van der Waals surface area contributed by atoms with Crippen LogP contribution in [0.2, 0.25) is 10.0 Å². The van der Waals surface area contributed by atoms with Gasteiger partial charge in [-0.3, -0.25) is 0 Å². The molecular weight excluding hydrogens is 171 g/mol. The Labute approximate surface area is 68.7 Å². The Hall–Kier alpha value is -0.600. The van der Waals surface area contributed by atoms with Gasteiger partial charge < -0.3 is 11.5 Å². The third-order valence-corrected chi connectivity index (χ3v) is 1.77. The minimum Gasteiger partial charge on any atom is -0.397 e. The third kappa shape index (κ3) is 1.28. The molecule has 1 aromatic rings. The lowest BCUT2D eigenvalue weighted by Crippen LogP contribution is -1.91. The highest BCUT2D eigenvalue weighted by Gasteiger charge is 2.00. The van der Waals surface area contributed by atoms with Crippen molar-refractivity contribution in [3.63, 3.8) is 0 Å². The number of benzene rings is 1. The van der Waals surface area contributed by atoms with Gasteiger partial charge in [-0.1, -0.05) is 23.2 Å². The van der Waals surface area contributed by atoms with E-state index in [0.29, 0.717) is 21.4 Å². The van der Waals surface area contributed by atoms with E-state index in [0.717, 1.165) is 0 Å². The fourth-order valence-electron chi connectivity index (χ4n) is 0.583. The number of hydrogen-bond donors (Lipinski definition) is 2. The molecule has 0 unspecified atom stereocenters. The molecular formula is C6H6Cl2N2. The predicted octanol–water partition coefficient (Wildman–Crippen LogP) is 2.16. The van der Waals surface area contributed by atoms with Crippen molar-refractivity contribution in [1.82, 2.24) is 0 Å². The normalized spacial score (nSPS) is 9.80. The van der Waals surface area contributed by atoms with Crippen molar-refractivity contribution in [2.75, 3.05) is 11.5 Å². The van der Waals surface area contributed by atoms with Crippen LogP contribution in [0.5, 0.6) is 0 Å². The predicted molar refractivity (Wildman–Crippen MR) is 45.3 cm³/mol. The molecule has 0 spiro atoms. The smallest absolute Gasteiger partial charge is 0.0651 e. The Morgan fingerprint density at radius 2 is 1.30 bits per heavy atom. The highest BCUT2D eigenvalue weighted by Crippen LogP contribution is 2.28. The zero-order valence-corrected chi connectivity index (χ0v) is 6.58. The molecule has 0 aliphatic heterocycles. The van der Waals surface area contributed by atoms with Gasteiger partial charge in [-0.15, -0.1) is 0 Å². The summed E-state index contributed by atoms with van der Waals surface area (Å²) in [5.41, 5.74) is 11.7. The largest absolute Gasteiger partial charge is 0.397 e. The molecule has 4 N–H and O–H groups in total. The number of nitrogen functional groups attached to an aromatic ring is 2. The second-order valence-electron chi connectivity index (χ2n) is 1.90. The Balaban J connectivity index is 3.28. The van der Waals surface area contributed by atoms with Crippen molar-refractivity contribution in [1.29, 1.82) is 0 Å². The van der Waals surface area contributed by atoms with Gasteiger partial charge >= 0.3 is 0 Å². The first-order valence-corrected chi connectivity index (χ1v) is 3.37.